The van der Waals surface area contributed by atoms with Gasteiger partial charge in [0.25, 0.3) is 0 Å². The van der Waals surface area contributed by atoms with Crippen molar-refractivity contribution in [2.45, 2.75) is 98.4 Å². The Morgan fingerprint density at radius 1 is 1.03 bits per heavy atom. The SMILES string of the molecule is CCCCN(C(=O)C(CC(C)C)NC(=O)OC(C)(C)C)C(C(=O)NC(C)C)c1ccc(O)cc1. The Hall–Kier alpha value is -2.77. The molecule has 1 aromatic rings. The van der Waals surface area contributed by atoms with Crippen LogP contribution in [0.1, 0.15) is 86.3 Å². The number of alkyl carbamates (subject to hydrolysis) is 1. The number of rotatable bonds is 11. The molecule has 0 aliphatic heterocycles. The topological polar surface area (TPSA) is 108 Å². The van der Waals surface area contributed by atoms with Gasteiger partial charge in [-0.3, -0.25) is 9.59 Å². The fourth-order valence-corrected chi connectivity index (χ4v) is 3.53. The monoisotopic (exact) mass is 477 g/mol. The van der Waals surface area contributed by atoms with E-state index in [1.807, 2.05) is 34.6 Å². The number of carbonyl (C=O) groups excluding carboxylic acids is 3. The molecule has 2 atom stereocenters. The summed E-state index contributed by atoms with van der Waals surface area (Å²) in [7, 11) is 0. The number of ether oxygens (including phenoxy) is 1. The van der Waals surface area contributed by atoms with Crippen molar-refractivity contribution in [1.29, 1.82) is 0 Å². The van der Waals surface area contributed by atoms with Crippen LogP contribution in [-0.4, -0.2) is 52.1 Å². The van der Waals surface area contributed by atoms with Crippen LogP contribution < -0.4 is 10.6 Å². The van der Waals surface area contributed by atoms with Crippen LogP contribution in [0.5, 0.6) is 5.75 Å². The molecule has 8 nitrogen and oxygen atoms in total. The first-order valence-corrected chi connectivity index (χ1v) is 12.1. The van der Waals surface area contributed by atoms with Crippen molar-refractivity contribution in [2.24, 2.45) is 5.92 Å². The second-order valence-electron chi connectivity index (χ2n) is 10.4. The van der Waals surface area contributed by atoms with Gasteiger partial charge in [0.1, 0.15) is 23.4 Å². The van der Waals surface area contributed by atoms with Crippen LogP contribution in [0.4, 0.5) is 4.79 Å². The Bertz CT molecular complexity index is 800. The van der Waals surface area contributed by atoms with E-state index < -0.39 is 23.8 Å². The van der Waals surface area contributed by atoms with Crippen LogP contribution in [0.3, 0.4) is 0 Å². The largest absolute Gasteiger partial charge is 0.508 e. The van der Waals surface area contributed by atoms with E-state index in [0.29, 0.717) is 24.9 Å². The Balaban J connectivity index is 3.42. The van der Waals surface area contributed by atoms with Crippen LogP contribution in [-0.2, 0) is 14.3 Å². The molecule has 0 saturated heterocycles. The average Bonchev–Trinajstić information content (AvgIpc) is 2.68. The number of hydrogen-bond donors (Lipinski definition) is 3. The van der Waals surface area contributed by atoms with Crippen LogP contribution >= 0.6 is 0 Å². The van der Waals surface area contributed by atoms with Gasteiger partial charge in [0.05, 0.1) is 0 Å². The van der Waals surface area contributed by atoms with Crippen molar-refractivity contribution in [3.8, 4) is 5.75 Å². The first kappa shape index (κ1) is 29.3. The number of hydrogen-bond acceptors (Lipinski definition) is 5. The summed E-state index contributed by atoms with van der Waals surface area (Å²) < 4.78 is 5.39. The van der Waals surface area contributed by atoms with Crippen molar-refractivity contribution in [1.82, 2.24) is 15.5 Å². The molecule has 0 aliphatic rings. The standard InChI is InChI=1S/C26H43N3O5/c1-9-10-15-29(22(23(31)27-18(4)5)19-11-13-20(30)14-12-19)24(32)21(16-17(2)3)28-25(33)34-26(6,7)8/h11-14,17-18,21-22,30H,9-10,15-16H2,1-8H3,(H,27,31)(H,28,33). The molecule has 192 valence electrons. The Morgan fingerprint density at radius 2 is 1.62 bits per heavy atom. The van der Waals surface area contributed by atoms with Crippen LogP contribution in [0.15, 0.2) is 24.3 Å². The van der Waals surface area contributed by atoms with Gasteiger partial charge >= 0.3 is 6.09 Å². The van der Waals surface area contributed by atoms with Crippen molar-refractivity contribution < 1.29 is 24.2 Å². The van der Waals surface area contributed by atoms with E-state index in [2.05, 4.69) is 10.6 Å². The van der Waals surface area contributed by atoms with Crippen molar-refractivity contribution in [3.63, 3.8) is 0 Å². The molecule has 8 heteroatoms. The lowest BCUT2D eigenvalue weighted by Gasteiger charge is -2.35. The lowest BCUT2D eigenvalue weighted by atomic mass is 9.98. The molecule has 0 heterocycles. The van der Waals surface area contributed by atoms with Gasteiger partial charge in [0, 0.05) is 12.6 Å². The Labute approximate surface area is 204 Å². The third-order valence-corrected chi connectivity index (χ3v) is 4.93. The highest BCUT2D eigenvalue weighted by molar-refractivity contribution is 5.92. The molecule has 0 bridgehead atoms. The van der Waals surface area contributed by atoms with Crippen molar-refractivity contribution in [3.05, 3.63) is 29.8 Å². The van der Waals surface area contributed by atoms with Gasteiger partial charge in [-0.15, -0.1) is 0 Å². The number of nitrogens with one attached hydrogen (secondary N) is 2. The zero-order valence-electron chi connectivity index (χ0n) is 22.0. The predicted octanol–water partition coefficient (Wildman–Crippen LogP) is 4.53. The number of aromatic hydroxyl groups is 1. The van der Waals surface area contributed by atoms with Gasteiger partial charge < -0.3 is 25.4 Å². The molecule has 0 radical (unpaired) electrons. The number of nitrogens with zero attached hydrogens (tertiary/aromatic N) is 1. The van der Waals surface area contributed by atoms with E-state index in [4.69, 9.17) is 4.74 Å². The summed E-state index contributed by atoms with van der Waals surface area (Å²) >= 11 is 0. The Morgan fingerprint density at radius 3 is 2.09 bits per heavy atom. The summed E-state index contributed by atoms with van der Waals surface area (Å²) in [4.78, 5) is 41.3. The molecule has 0 spiro atoms. The van der Waals surface area contributed by atoms with E-state index in [9.17, 15) is 19.5 Å². The molecule has 3 amide bonds. The minimum atomic E-state index is -0.905. The highest BCUT2D eigenvalue weighted by atomic mass is 16.6. The molecule has 0 fully saturated rings. The Kier molecular flexibility index (Phi) is 11.4. The van der Waals surface area contributed by atoms with E-state index >= 15 is 0 Å². The molecular weight excluding hydrogens is 434 g/mol. The molecular formula is C26H43N3O5. The zero-order chi connectivity index (χ0) is 26.1. The average molecular weight is 478 g/mol. The maximum absolute atomic E-state index is 13.9. The summed E-state index contributed by atoms with van der Waals surface area (Å²) in [6, 6.07) is 4.41. The van der Waals surface area contributed by atoms with Gasteiger partial charge in [-0.25, -0.2) is 4.79 Å². The second kappa shape index (κ2) is 13.2. The quantitative estimate of drug-likeness (QED) is 0.434. The first-order chi connectivity index (χ1) is 15.7. The molecule has 0 aliphatic carbocycles. The number of amides is 3. The fraction of sp³-hybridized carbons (Fsp3) is 0.654. The normalized spacial score (nSPS) is 13.4. The maximum atomic E-state index is 13.9. The number of unbranched alkanes of at least 4 members (excludes halogenated alkanes) is 1. The zero-order valence-corrected chi connectivity index (χ0v) is 22.0. The summed E-state index contributed by atoms with van der Waals surface area (Å²) in [6.45, 7) is 15.3. The number of phenols is 1. The van der Waals surface area contributed by atoms with E-state index in [0.717, 1.165) is 6.42 Å². The van der Waals surface area contributed by atoms with Gasteiger partial charge in [-0.1, -0.05) is 39.3 Å². The van der Waals surface area contributed by atoms with Gasteiger partial charge in [0.2, 0.25) is 11.8 Å². The predicted molar refractivity (Wildman–Crippen MR) is 133 cm³/mol. The summed E-state index contributed by atoms with van der Waals surface area (Å²) in [5.74, 6) is -0.466. The number of phenolic OH excluding ortho intramolecular Hbond substituents is 1. The molecule has 3 N–H and O–H groups in total. The third kappa shape index (κ3) is 10.0. The van der Waals surface area contributed by atoms with Gasteiger partial charge in [-0.05, 0) is 71.1 Å². The van der Waals surface area contributed by atoms with Gasteiger partial charge in [0.15, 0.2) is 0 Å². The van der Waals surface area contributed by atoms with Gasteiger partial charge in [-0.2, -0.15) is 0 Å². The first-order valence-electron chi connectivity index (χ1n) is 12.1. The number of carbonyl (C=O) groups is 3. The van der Waals surface area contributed by atoms with Crippen molar-refractivity contribution in [2.75, 3.05) is 6.54 Å². The molecule has 0 saturated carbocycles. The van der Waals surface area contributed by atoms with Crippen LogP contribution in [0, 0.1) is 5.92 Å². The van der Waals surface area contributed by atoms with Crippen molar-refractivity contribution >= 4 is 17.9 Å². The van der Waals surface area contributed by atoms with Crippen LogP contribution in [0.25, 0.3) is 0 Å². The highest BCUT2D eigenvalue weighted by Crippen LogP contribution is 2.26. The molecule has 1 rings (SSSR count). The smallest absolute Gasteiger partial charge is 0.408 e. The lowest BCUT2D eigenvalue weighted by Crippen LogP contribution is -2.54. The van der Waals surface area contributed by atoms with E-state index in [1.54, 1.807) is 32.9 Å². The maximum Gasteiger partial charge on any atom is 0.408 e. The second-order valence-corrected chi connectivity index (χ2v) is 10.4. The summed E-state index contributed by atoms with van der Waals surface area (Å²) in [6.07, 6.45) is 1.24. The minimum Gasteiger partial charge on any atom is -0.508 e. The highest BCUT2D eigenvalue weighted by Gasteiger charge is 2.36. The lowest BCUT2D eigenvalue weighted by molar-refractivity contribution is -0.143. The minimum absolute atomic E-state index is 0.0717. The summed E-state index contributed by atoms with van der Waals surface area (Å²) in [5, 5.41) is 15.4. The number of benzene rings is 1. The third-order valence-electron chi connectivity index (χ3n) is 4.93. The van der Waals surface area contributed by atoms with Crippen LogP contribution in [0.2, 0.25) is 0 Å². The molecule has 34 heavy (non-hydrogen) atoms. The molecule has 1 aromatic carbocycles. The fourth-order valence-electron chi connectivity index (χ4n) is 3.53. The molecule has 0 aromatic heterocycles. The summed E-state index contributed by atoms with van der Waals surface area (Å²) in [5.41, 5.74) is -0.121. The van der Waals surface area contributed by atoms with E-state index in [-0.39, 0.29) is 29.5 Å². The van der Waals surface area contributed by atoms with E-state index in [1.165, 1.54) is 17.0 Å². The molecule has 2 unspecified atom stereocenters.